The molecule has 0 amide bonds. The van der Waals surface area contributed by atoms with E-state index in [1.807, 2.05) is 48.9 Å². The lowest BCUT2D eigenvalue weighted by atomic mass is 10.2. The van der Waals surface area contributed by atoms with E-state index < -0.39 is 9.84 Å². The summed E-state index contributed by atoms with van der Waals surface area (Å²) in [5.74, 6) is 1.32. The third-order valence-corrected chi connectivity index (χ3v) is 6.75. The van der Waals surface area contributed by atoms with E-state index in [2.05, 4.69) is 10.00 Å². The van der Waals surface area contributed by atoms with Gasteiger partial charge >= 0.3 is 0 Å². The van der Waals surface area contributed by atoms with Gasteiger partial charge in [-0.3, -0.25) is 4.90 Å². The molecule has 1 fully saturated rings. The molecule has 1 aliphatic heterocycles. The number of rotatable bonds is 5. The van der Waals surface area contributed by atoms with Crippen molar-refractivity contribution in [2.45, 2.75) is 26.1 Å². The van der Waals surface area contributed by atoms with Crippen LogP contribution in [-0.2, 0) is 23.6 Å². The van der Waals surface area contributed by atoms with Crippen LogP contribution in [-0.4, -0.2) is 51.8 Å². The van der Waals surface area contributed by atoms with Crippen molar-refractivity contribution in [2.75, 3.05) is 18.1 Å². The lowest BCUT2D eigenvalue weighted by Crippen LogP contribution is -2.37. The van der Waals surface area contributed by atoms with Gasteiger partial charge in [-0.2, -0.15) is 5.10 Å². The lowest BCUT2D eigenvalue weighted by Gasteiger charge is -2.25. The molecule has 1 aromatic heterocycles. The Morgan fingerprint density at radius 3 is 2.62 bits per heavy atom. The Bertz CT molecular complexity index is 871. The number of sulfone groups is 1. The minimum Gasteiger partial charge on any atom is -0.303 e. The maximum atomic E-state index is 11.8. The van der Waals surface area contributed by atoms with Crippen LogP contribution in [0.3, 0.4) is 0 Å². The molecule has 24 heavy (non-hydrogen) atoms. The van der Waals surface area contributed by atoms with Crippen molar-refractivity contribution in [3.8, 4) is 11.4 Å². The zero-order valence-corrected chi connectivity index (χ0v) is 15.6. The highest BCUT2D eigenvalue weighted by molar-refractivity contribution is 7.91. The molecule has 0 aliphatic carbocycles. The monoisotopic (exact) mass is 366 g/mol. The number of hydrogen-bond donors (Lipinski definition) is 0. The summed E-state index contributed by atoms with van der Waals surface area (Å²) >= 11 is 5.52. The van der Waals surface area contributed by atoms with Gasteiger partial charge in [-0.1, -0.05) is 37.3 Å². The second-order valence-corrected chi connectivity index (χ2v) is 8.73. The highest BCUT2D eigenvalue weighted by Crippen LogP contribution is 2.20. The lowest BCUT2D eigenvalue weighted by molar-refractivity contribution is 0.164. The highest BCUT2D eigenvalue weighted by Gasteiger charge is 2.32. The zero-order chi connectivity index (χ0) is 17.3. The molecular formula is C16H22N4O2S2. The molecule has 2 aromatic rings. The smallest absolute Gasteiger partial charge is 0.199 e. The topological polar surface area (TPSA) is 60.1 Å². The highest BCUT2D eigenvalue weighted by atomic mass is 32.2. The van der Waals surface area contributed by atoms with Crippen LogP contribution < -0.4 is 0 Å². The SMILES string of the molecule is CCN(Cn1nc(-c2ccccc2)n(C)c1=S)[C@H]1CCS(=O)(=O)C1. The van der Waals surface area contributed by atoms with E-state index in [9.17, 15) is 8.42 Å². The van der Waals surface area contributed by atoms with E-state index in [-0.39, 0.29) is 17.5 Å². The Morgan fingerprint density at radius 1 is 1.33 bits per heavy atom. The van der Waals surface area contributed by atoms with Gasteiger partial charge in [-0.05, 0) is 25.2 Å². The Morgan fingerprint density at radius 2 is 2.04 bits per heavy atom. The molecule has 1 atom stereocenters. The van der Waals surface area contributed by atoms with Crippen molar-refractivity contribution in [3.63, 3.8) is 0 Å². The Hall–Kier alpha value is -1.51. The second kappa shape index (κ2) is 6.78. The van der Waals surface area contributed by atoms with Gasteiger partial charge in [-0.25, -0.2) is 13.1 Å². The van der Waals surface area contributed by atoms with Crippen LogP contribution >= 0.6 is 12.2 Å². The van der Waals surface area contributed by atoms with Crippen LogP contribution in [0.25, 0.3) is 11.4 Å². The van der Waals surface area contributed by atoms with Crippen molar-refractivity contribution in [1.82, 2.24) is 19.2 Å². The van der Waals surface area contributed by atoms with Crippen molar-refractivity contribution in [1.29, 1.82) is 0 Å². The minimum absolute atomic E-state index is 0.0454. The molecule has 0 N–H and O–H groups in total. The molecule has 3 rings (SSSR count). The van der Waals surface area contributed by atoms with Gasteiger partial charge in [0.05, 0.1) is 18.2 Å². The number of aromatic nitrogens is 3. The summed E-state index contributed by atoms with van der Waals surface area (Å²) in [6.45, 7) is 3.31. The summed E-state index contributed by atoms with van der Waals surface area (Å²) in [5.41, 5.74) is 1.01. The largest absolute Gasteiger partial charge is 0.303 e. The van der Waals surface area contributed by atoms with Crippen molar-refractivity contribution < 1.29 is 8.42 Å². The predicted octanol–water partition coefficient (Wildman–Crippen LogP) is 2.08. The summed E-state index contributed by atoms with van der Waals surface area (Å²) < 4.78 is 27.8. The fourth-order valence-electron chi connectivity index (χ4n) is 3.13. The second-order valence-electron chi connectivity index (χ2n) is 6.13. The average Bonchev–Trinajstić information content (AvgIpc) is 3.07. The van der Waals surface area contributed by atoms with E-state index in [4.69, 9.17) is 12.2 Å². The van der Waals surface area contributed by atoms with Crippen LogP contribution in [0.4, 0.5) is 0 Å². The van der Waals surface area contributed by atoms with Gasteiger partial charge in [0.2, 0.25) is 0 Å². The normalized spacial score (nSPS) is 19.9. The molecule has 0 spiro atoms. The Balaban J connectivity index is 1.86. The summed E-state index contributed by atoms with van der Waals surface area (Å²) in [7, 11) is -0.994. The first kappa shape index (κ1) is 17.3. The molecule has 0 bridgehead atoms. The quantitative estimate of drug-likeness (QED) is 0.759. The summed E-state index contributed by atoms with van der Waals surface area (Å²) in [5, 5.41) is 4.66. The van der Waals surface area contributed by atoms with Crippen molar-refractivity contribution in [3.05, 3.63) is 35.1 Å². The average molecular weight is 367 g/mol. The first-order chi connectivity index (χ1) is 11.4. The van der Waals surface area contributed by atoms with Crippen LogP contribution in [0.1, 0.15) is 13.3 Å². The standard InChI is InChI=1S/C16H22N4O2S2/c1-3-19(14-9-10-24(21,22)11-14)12-20-16(23)18(2)15(17-20)13-7-5-4-6-8-13/h4-8,14H,3,9-12H2,1-2H3/t14-/m0/s1. The number of hydrogen-bond acceptors (Lipinski definition) is 5. The molecule has 1 saturated heterocycles. The number of benzene rings is 1. The van der Waals surface area contributed by atoms with Crippen LogP contribution in [0.2, 0.25) is 0 Å². The van der Waals surface area contributed by atoms with Gasteiger partial charge < -0.3 is 4.57 Å². The maximum Gasteiger partial charge on any atom is 0.199 e. The van der Waals surface area contributed by atoms with Crippen LogP contribution in [0.5, 0.6) is 0 Å². The molecule has 0 saturated carbocycles. The molecule has 6 nitrogen and oxygen atoms in total. The maximum absolute atomic E-state index is 11.8. The van der Waals surface area contributed by atoms with Crippen molar-refractivity contribution >= 4 is 22.1 Å². The molecular weight excluding hydrogens is 344 g/mol. The van der Waals surface area contributed by atoms with E-state index in [1.54, 1.807) is 4.68 Å². The summed E-state index contributed by atoms with van der Waals surface area (Å²) in [6, 6.07) is 9.96. The molecule has 0 radical (unpaired) electrons. The molecule has 130 valence electrons. The van der Waals surface area contributed by atoms with Gasteiger partial charge in [-0.15, -0.1) is 0 Å². The summed E-state index contributed by atoms with van der Waals surface area (Å²) in [4.78, 5) is 2.14. The Kier molecular flexibility index (Phi) is 4.89. The minimum atomic E-state index is -2.90. The van der Waals surface area contributed by atoms with E-state index >= 15 is 0 Å². The van der Waals surface area contributed by atoms with E-state index in [0.717, 1.165) is 17.9 Å². The first-order valence-electron chi connectivity index (χ1n) is 8.05. The molecule has 0 unspecified atom stereocenters. The summed E-state index contributed by atoms with van der Waals surface area (Å²) in [6.07, 6.45) is 0.682. The van der Waals surface area contributed by atoms with Gasteiger partial charge in [0.15, 0.2) is 20.4 Å². The fourth-order valence-corrected chi connectivity index (χ4v) is 5.07. The zero-order valence-electron chi connectivity index (χ0n) is 13.9. The van der Waals surface area contributed by atoms with Gasteiger partial charge in [0.25, 0.3) is 0 Å². The first-order valence-corrected chi connectivity index (χ1v) is 10.3. The Labute approximate surface area is 147 Å². The fraction of sp³-hybridized carbons (Fsp3) is 0.500. The third-order valence-electron chi connectivity index (χ3n) is 4.52. The third kappa shape index (κ3) is 3.45. The van der Waals surface area contributed by atoms with E-state index in [1.165, 1.54) is 0 Å². The van der Waals surface area contributed by atoms with E-state index in [0.29, 0.717) is 17.9 Å². The van der Waals surface area contributed by atoms with Gasteiger partial charge in [0, 0.05) is 18.7 Å². The molecule has 2 heterocycles. The van der Waals surface area contributed by atoms with Gasteiger partial charge in [0.1, 0.15) is 0 Å². The number of nitrogens with zero attached hydrogens (tertiary/aromatic N) is 4. The van der Waals surface area contributed by atoms with Crippen LogP contribution in [0.15, 0.2) is 30.3 Å². The molecule has 1 aromatic carbocycles. The predicted molar refractivity (Wildman–Crippen MR) is 96.9 cm³/mol. The molecule has 8 heteroatoms. The van der Waals surface area contributed by atoms with Crippen LogP contribution in [0, 0.1) is 4.77 Å². The molecule has 1 aliphatic rings. The van der Waals surface area contributed by atoms with Crippen molar-refractivity contribution in [2.24, 2.45) is 7.05 Å².